The lowest BCUT2D eigenvalue weighted by atomic mass is 9.81. The van der Waals surface area contributed by atoms with Gasteiger partial charge >= 0.3 is 5.97 Å². The first kappa shape index (κ1) is 39.8. The summed E-state index contributed by atoms with van der Waals surface area (Å²) in [5.74, 6) is -0.655. The van der Waals surface area contributed by atoms with Gasteiger partial charge in [0.1, 0.15) is 31.0 Å². The number of carbonyl (C=O) groups is 1. The van der Waals surface area contributed by atoms with E-state index in [-0.39, 0.29) is 61.1 Å². The average Bonchev–Trinajstić information content (AvgIpc) is 3.14. The predicted octanol–water partition coefficient (Wildman–Crippen LogP) is 5.27. The zero-order valence-electron chi connectivity index (χ0n) is 31.3. The molecular weight excluding hydrogens is 656 g/mol. The minimum absolute atomic E-state index is 0.0395. The maximum Gasteiger partial charge on any atom is 0.338 e. The molecule has 1 N–H and O–H groups in total. The highest BCUT2D eigenvalue weighted by Gasteiger charge is 2.51. The molecule has 0 aromatic heterocycles. The quantitative estimate of drug-likeness (QED) is 0.258. The number of aliphatic hydroxyl groups excluding tert-OH is 1. The number of rotatable bonds is 14. The summed E-state index contributed by atoms with van der Waals surface area (Å²) >= 11 is 0. The van der Waals surface area contributed by atoms with Gasteiger partial charge in [0.25, 0.3) is 0 Å². The average molecular weight is 715 g/mol. The molecule has 11 heteroatoms. The highest BCUT2D eigenvalue weighted by molar-refractivity contribution is 5.89. The lowest BCUT2D eigenvalue weighted by Crippen LogP contribution is -2.62. The van der Waals surface area contributed by atoms with E-state index >= 15 is 0 Å². The van der Waals surface area contributed by atoms with Gasteiger partial charge < -0.3 is 47.7 Å². The van der Waals surface area contributed by atoms with Crippen molar-refractivity contribution in [1.29, 1.82) is 0 Å². The fourth-order valence-electron chi connectivity index (χ4n) is 7.49. The number of benzene rings is 2. The number of esters is 1. The van der Waals surface area contributed by atoms with Crippen molar-refractivity contribution >= 4 is 5.97 Å². The fourth-order valence-corrected chi connectivity index (χ4v) is 7.49. The Labute approximate surface area is 303 Å². The van der Waals surface area contributed by atoms with Crippen molar-refractivity contribution < 1.29 is 52.5 Å². The van der Waals surface area contributed by atoms with E-state index in [4.69, 9.17) is 42.6 Å². The Morgan fingerprint density at radius 2 is 1.25 bits per heavy atom. The molecule has 51 heavy (non-hydrogen) atoms. The van der Waals surface area contributed by atoms with Crippen molar-refractivity contribution in [1.82, 2.24) is 0 Å². The topological polar surface area (TPSA) is 120 Å². The van der Waals surface area contributed by atoms with Gasteiger partial charge in [-0.3, -0.25) is 0 Å². The summed E-state index contributed by atoms with van der Waals surface area (Å²) in [4.78, 5) is 12.7. The zero-order valence-corrected chi connectivity index (χ0v) is 31.3. The Morgan fingerprint density at radius 3 is 1.92 bits per heavy atom. The third-order valence-electron chi connectivity index (χ3n) is 11.3. The molecule has 2 aromatic carbocycles. The molecule has 6 unspecified atom stereocenters. The van der Waals surface area contributed by atoms with Crippen LogP contribution in [0.4, 0.5) is 0 Å². The molecule has 3 saturated heterocycles. The van der Waals surface area contributed by atoms with Crippen LogP contribution in [-0.4, -0.2) is 107 Å². The van der Waals surface area contributed by atoms with Crippen molar-refractivity contribution in [2.75, 3.05) is 34.0 Å². The van der Waals surface area contributed by atoms with E-state index in [2.05, 4.69) is 27.7 Å². The van der Waals surface area contributed by atoms with Crippen LogP contribution >= 0.6 is 0 Å². The van der Waals surface area contributed by atoms with Crippen LogP contribution in [0.1, 0.15) is 57.5 Å². The maximum absolute atomic E-state index is 12.7. The molecule has 5 rings (SSSR count). The molecule has 11 nitrogen and oxygen atoms in total. The number of hydrogen-bond donors (Lipinski definition) is 1. The Bertz CT molecular complexity index is 1330. The molecule has 2 aromatic rings. The fraction of sp³-hybridized carbons (Fsp3) is 0.675. The first-order valence-corrected chi connectivity index (χ1v) is 18.3. The first-order valence-electron chi connectivity index (χ1n) is 18.3. The van der Waals surface area contributed by atoms with Crippen LogP contribution in [0.25, 0.3) is 0 Å². The van der Waals surface area contributed by atoms with Gasteiger partial charge in [0.15, 0.2) is 12.6 Å². The van der Waals surface area contributed by atoms with Crippen LogP contribution in [0.2, 0.25) is 0 Å². The lowest BCUT2D eigenvalue weighted by molar-refractivity contribution is -0.357. The van der Waals surface area contributed by atoms with Gasteiger partial charge in [-0.15, -0.1) is 0 Å². The third-order valence-corrected chi connectivity index (χ3v) is 11.3. The van der Waals surface area contributed by atoms with Gasteiger partial charge in [-0.25, -0.2) is 4.79 Å². The van der Waals surface area contributed by atoms with Crippen molar-refractivity contribution in [2.24, 2.45) is 29.6 Å². The molecule has 0 radical (unpaired) electrons. The number of carbonyl (C=O) groups excluding carboxylic acids is 1. The molecule has 3 aliphatic rings. The van der Waals surface area contributed by atoms with E-state index in [0.717, 1.165) is 5.56 Å². The largest absolute Gasteiger partial charge is 0.459 e. The smallest absolute Gasteiger partial charge is 0.338 e. The van der Waals surface area contributed by atoms with E-state index in [9.17, 15) is 9.90 Å². The Kier molecular flexibility index (Phi) is 14.5. The molecule has 0 aliphatic carbocycles. The summed E-state index contributed by atoms with van der Waals surface area (Å²) < 4.78 is 56.5. The van der Waals surface area contributed by atoms with Gasteiger partial charge in [0.05, 0.1) is 49.8 Å². The summed E-state index contributed by atoms with van der Waals surface area (Å²) in [5.41, 5.74) is 1.52. The predicted molar refractivity (Wildman–Crippen MR) is 189 cm³/mol. The van der Waals surface area contributed by atoms with Gasteiger partial charge in [-0.05, 0) is 42.4 Å². The number of ether oxygens (including phenoxy) is 9. The van der Waals surface area contributed by atoms with E-state index < -0.39 is 49.1 Å². The third kappa shape index (κ3) is 9.57. The van der Waals surface area contributed by atoms with Gasteiger partial charge in [0, 0.05) is 26.1 Å². The molecular formula is C40H58O11. The van der Waals surface area contributed by atoms with E-state index in [1.165, 1.54) is 0 Å². The monoisotopic (exact) mass is 714 g/mol. The SMILES string of the molecule is COC[C@@H]1O[C@@H](O[C@@H]2C(COCc3ccccc3)O[C@@H](C)C(C)[C@H]2C)C(OC)C(C)[C@@H]1O[C@H]1O[C@@H](COC(=O)c2ccccc2)[C@@H](O)C(C)C1C. The molecule has 0 saturated carbocycles. The number of hydrogen-bond acceptors (Lipinski definition) is 11. The Hall–Kier alpha value is -2.45. The second-order valence-electron chi connectivity index (χ2n) is 14.6. The second kappa shape index (κ2) is 18.5. The molecule has 0 amide bonds. The molecule has 0 bridgehead atoms. The number of methoxy groups -OCH3 is 2. The van der Waals surface area contributed by atoms with E-state index in [1.54, 1.807) is 38.5 Å². The van der Waals surface area contributed by atoms with Crippen molar-refractivity contribution in [2.45, 2.75) is 110 Å². The molecule has 3 fully saturated rings. The van der Waals surface area contributed by atoms with E-state index in [1.807, 2.05) is 50.2 Å². The minimum atomic E-state index is -0.850. The zero-order chi connectivity index (χ0) is 36.7. The van der Waals surface area contributed by atoms with Crippen LogP contribution in [-0.2, 0) is 49.2 Å². The highest BCUT2D eigenvalue weighted by Crippen LogP contribution is 2.40. The summed E-state index contributed by atoms with van der Waals surface area (Å²) in [6.45, 7) is 13.4. The molecule has 284 valence electrons. The summed E-state index contributed by atoms with van der Waals surface area (Å²) in [6.07, 6.45) is -5.15. The van der Waals surface area contributed by atoms with Gasteiger partial charge in [0.2, 0.25) is 0 Å². The van der Waals surface area contributed by atoms with Crippen LogP contribution < -0.4 is 0 Å². The van der Waals surface area contributed by atoms with Crippen LogP contribution in [0, 0.1) is 29.6 Å². The minimum Gasteiger partial charge on any atom is -0.459 e. The number of aliphatic hydroxyl groups is 1. The second-order valence-corrected chi connectivity index (χ2v) is 14.6. The van der Waals surface area contributed by atoms with Gasteiger partial charge in [-0.2, -0.15) is 0 Å². The maximum atomic E-state index is 12.7. The van der Waals surface area contributed by atoms with Crippen LogP contribution in [0.15, 0.2) is 60.7 Å². The molecule has 15 atom stereocenters. The van der Waals surface area contributed by atoms with Crippen LogP contribution in [0.3, 0.4) is 0 Å². The Morgan fingerprint density at radius 1 is 0.647 bits per heavy atom. The lowest BCUT2D eigenvalue weighted by Gasteiger charge is -2.50. The summed E-state index contributed by atoms with van der Waals surface area (Å²) in [7, 11) is 3.27. The Balaban J connectivity index is 1.27. The normalized spacial score (nSPS) is 38.6. The highest BCUT2D eigenvalue weighted by atomic mass is 16.7. The van der Waals surface area contributed by atoms with Crippen molar-refractivity contribution in [3.05, 3.63) is 71.8 Å². The molecule has 3 heterocycles. The summed E-state index contributed by atoms with van der Waals surface area (Å²) in [5, 5.41) is 11.1. The van der Waals surface area contributed by atoms with Gasteiger partial charge in [-0.1, -0.05) is 83.1 Å². The molecule has 3 aliphatic heterocycles. The standard InChI is InChI=1S/C40H58O11/c1-23-25(3)35(33(47-28(23)6)21-45-19-29-15-11-9-12-16-29)51-40-37(44-8)27(5)36(32(49-40)20-43-7)50-39-26(4)24(2)34(41)31(48-39)22-46-38(42)30-17-13-10-14-18-30/h9-18,23-28,31-37,39-41H,19-22H2,1-8H3/t23?,24?,25-,26?,27?,28+,31+,32+,33?,34+,35+,36+,37?,39-,40+/m1/s1. The first-order chi connectivity index (χ1) is 24.5. The van der Waals surface area contributed by atoms with E-state index in [0.29, 0.717) is 18.8 Å². The molecule has 0 spiro atoms. The van der Waals surface area contributed by atoms with Crippen LogP contribution in [0.5, 0.6) is 0 Å². The van der Waals surface area contributed by atoms with Crippen molar-refractivity contribution in [3.63, 3.8) is 0 Å². The van der Waals surface area contributed by atoms with Crippen molar-refractivity contribution in [3.8, 4) is 0 Å². The summed E-state index contributed by atoms with van der Waals surface area (Å²) in [6, 6.07) is 18.8.